The third-order valence-corrected chi connectivity index (χ3v) is 3.30. The maximum atomic E-state index is 12.2. The first-order chi connectivity index (χ1) is 10.2. The SMILES string of the molecule is CCN(Cc1cccc(C)c1)C(=O)COc1ccccc1. The topological polar surface area (TPSA) is 29.5 Å². The first-order valence-corrected chi connectivity index (χ1v) is 7.20. The Morgan fingerprint density at radius 3 is 2.52 bits per heavy atom. The van der Waals surface area contributed by atoms with E-state index >= 15 is 0 Å². The van der Waals surface area contributed by atoms with Crippen LogP contribution in [0.1, 0.15) is 18.1 Å². The number of aryl methyl sites for hydroxylation is 1. The van der Waals surface area contributed by atoms with Gasteiger partial charge in [-0.3, -0.25) is 4.79 Å². The van der Waals surface area contributed by atoms with Gasteiger partial charge in [0.05, 0.1) is 0 Å². The number of ether oxygens (including phenoxy) is 1. The second kappa shape index (κ2) is 7.48. The lowest BCUT2D eigenvalue weighted by Gasteiger charge is -2.21. The van der Waals surface area contributed by atoms with E-state index in [-0.39, 0.29) is 12.5 Å². The van der Waals surface area contributed by atoms with Crippen LogP contribution in [0.5, 0.6) is 5.75 Å². The molecule has 2 rings (SSSR count). The summed E-state index contributed by atoms with van der Waals surface area (Å²) in [5.74, 6) is 0.723. The molecule has 0 saturated carbocycles. The number of amides is 1. The fraction of sp³-hybridized carbons (Fsp3) is 0.278. The highest BCUT2D eigenvalue weighted by Crippen LogP contribution is 2.10. The predicted molar refractivity (Wildman–Crippen MR) is 84.2 cm³/mol. The van der Waals surface area contributed by atoms with Crippen molar-refractivity contribution in [3.63, 3.8) is 0 Å². The van der Waals surface area contributed by atoms with Crippen LogP contribution in [0.15, 0.2) is 54.6 Å². The molecule has 21 heavy (non-hydrogen) atoms. The molecule has 0 aromatic heterocycles. The van der Waals surface area contributed by atoms with Crippen LogP contribution < -0.4 is 4.74 Å². The summed E-state index contributed by atoms with van der Waals surface area (Å²) >= 11 is 0. The van der Waals surface area contributed by atoms with Crippen LogP contribution in [-0.2, 0) is 11.3 Å². The molecule has 2 aromatic rings. The molecule has 3 nitrogen and oxygen atoms in total. The van der Waals surface area contributed by atoms with E-state index in [0.717, 1.165) is 11.3 Å². The van der Waals surface area contributed by atoms with Gasteiger partial charge in [-0.1, -0.05) is 48.0 Å². The van der Waals surface area contributed by atoms with Crippen molar-refractivity contribution in [2.75, 3.05) is 13.2 Å². The summed E-state index contributed by atoms with van der Waals surface area (Å²) in [6.45, 7) is 5.40. The molecule has 0 heterocycles. The number of benzene rings is 2. The van der Waals surface area contributed by atoms with Gasteiger partial charge in [0.1, 0.15) is 5.75 Å². The highest BCUT2D eigenvalue weighted by Gasteiger charge is 2.13. The molecule has 0 atom stereocenters. The molecule has 2 aromatic carbocycles. The highest BCUT2D eigenvalue weighted by atomic mass is 16.5. The van der Waals surface area contributed by atoms with Gasteiger partial charge in [0.15, 0.2) is 6.61 Å². The number of carbonyl (C=O) groups excluding carboxylic acids is 1. The molecule has 0 spiro atoms. The number of likely N-dealkylation sites (N-methyl/N-ethyl adjacent to an activating group) is 1. The monoisotopic (exact) mass is 283 g/mol. The van der Waals surface area contributed by atoms with Crippen molar-refractivity contribution in [3.05, 3.63) is 65.7 Å². The van der Waals surface area contributed by atoms with Gasteiger partial charge in [-0.2, -0.15) is 0 Å². The number of hydrogen-bond acceptors (Lipinski definition) is 2. The van der Waals surface area contributed by atoms with E-state index in [9.17, 15) is 4.79 Å². The molecule has 0 N–H and O–H groups in total. The molecule has 0 bridgehead atoms. The first-order valence-electron chi connectivity index (χ1n) is 7.20. The minimum absolute atomic E-state index is 0.00265. The van der Waals surface area contributed by atoms with E-state index in [1.807, 2.05) is 49.4 Å². The lowest BCUT2D eigenvalue weighted by molar-refractivity contribution is -0.133. The average Bonchev–Trinajstić information content (AvgIpc) is 2.51. The van der Waals surface area contributed by atoms with Gasteiger partial charge < -0.3 is 9.64 Å². The molecule has 0 aliphatic carbocycles. The molecular formula is C18H21NO2. The van der Waals surface area contributed by atoms with Crippen molar-refractivity contribution < 1.29 is 9.53 Å². The smallest absolute Gasteiger partial charge is 0.260 e. The zero-order valence-corrected chi connectivity index (χ0v) is 12.6. The fourth-order valence-corrected chi connectivity index (χ4v) is 2.16. The van der Waals surface area contributed by atoms with Gasteiger partial charge in [-0.15, -0.1) is 0 Å². The van der Waals surface area contributed by atoms with E-state index in [2.05, 4.69) is 19.1 Å². The molecule has 1 amide bonds. The first kappa shape index (κ1) is 15.1. The number of rotatable bonds is 6. The summed E-state index contributed by atoms with van der Waals surface area (Å²) in [5, 5.41) is 0. The number of nitrogens with zero attached hydrogens (tertiary/aromatic N) is 1. The maximum Gasteiger partial charge on any atom is 0.260 e. The summed E-state index contributed by atoms with van der Waals surface area (Å²) < 4.78 is 5.52. The van der Waals surface area contributed by atoms with Gasteiger partial charge >= 0.3 is 0 Å². The lowest BCUT2D eigenvalue weighted by atomic mass is 10.1. The molecule has 0 fully saturated rings. The van der Waals surface area contributed by atoms with Crippen molar-refractivity contribution in [2.24, 2.45) is 0 Å². The number of hydrogen-bond donors (Lipinski definition) is 0. The summed E-state index contributed by atoms with van der Waals surface area (Å²) in [5.41, 5.74) is 2.35. The van der Waals surface area contributed by atoms with Crippen LogP contribution in [0.2, 0.25) is 0 Å². The van der Waals surface area contributed by atoms with E-state index in [0.29, 0.717) is 13.1 Å². The van der Waals surface area contributed by atoms with Crippen LogP contribution in [0.4, 0.5) is 0 Å². The number of carbonyl (C=O) groups is 1. The Bertz CT molecular complexity index is 581. The Labute approximate surface area is 126 Å². The van der Waals surface area contributed by atoms with E-state index in [4.69, 9.17) is 4.74 Å². The maximum absolute atomic E-state index is 12.2. The zero-order chi connectivity index (χ0) is 15.1. The van der Waals surface area contributed by atoms with Crippen molar-refractivity contribution >= 4 is 5.91 Å². The second-order valence-corrected chi connectivity index (χ2v) is 5.00. The van der Waals surface area contributed by atoms with Crippen molar-refractivity contribution in [1.29, 1.82) is 0 Å². The largest absolute Gasteiger partial charge is 0.484 e. The summed E-state index contributed by atoms with van der Waals surface area (Å²) in [7, 11) is 0. The van der Waals surface area contributed by atoms with Crippen molar-refractivity contribution in [2.45, 2.75) is 20.4 Å². The molecule has 110 valence electrons. The Balaban J connectivity index is 1.92. The average molecular weight is 283 g/mol. The molecule has 0 unspecified atom stereocenters. The summed E-state index contributed by atoms with van der Waals surface area (Å²) in [6.07, 6.45) is 0. The second-order valence-electron chi connectivity index (χ2n) is 5.00. The van der Waals surface area contributed by atoms with Crippen LogP contribution in [0.25, 0.3) is 0 Å². The third kappa shape index (κ3) is 4.63. The summed E-state index contributed by atoms with van der Waals surface area (Å²) in [4.78, 5) is 14.0. The minimum Gasteiger partial charge on any atom is -0.484 e. The fourth-order valence-electron chi connectivity index (χ4n) is 2.16. The van der Waals surface area contributed by atoms with Crippen LogP contribution in [0, 0.1) is 6.92 Å². The third-order valence-electron chi connectivity index (χ3n) is 3.30. The van der Waals surface area contributed by atoms with Gasteiger partial charge in [-0.05, 0) is 31.5 Å². The number of para-hydroxylation sites is 1. The lowest BCUT2D eigenvalue weighted by Crippen LogP contribution is -2.34. The van der Waals surface area contributed by atoms with E-state index in [1.165, 1.54) is 5.56 Å². The highest BCUT2D eigenvalue weighted by molar-refractivity contribution is 5.77. The van der Waals surface area contributed by atoms with Crippen LogP contribution in [-0.4, -0.2) is 24.0 Å². The molecule has 3 heteroatoms. The quantitative estimate of drug-likeness (QED) is 0.813. The molecule has 0 saturated heterocycles. The minimum atomic E-state index is 0.00265. The predicted octanol–water partition coefficient (Wildman–Crippen LogP) is 3.42. The Morgan fingerprint density at radius 1 is 1.10 bits per heavy atom. The van der Waals surface area contributed by atoms with E-state index in [1.54, 1.807) is 4.90 Å². The van der Waals surface area contributed by atoms with Crippen molar-refractivity contribution in [1.82, 2.24) is 4.90 Å². The molecule has 0 aliphatic rings. The van der Waals surface area contributed by atoms with Gasteiger partial charge in [0, 0.05) is 13.1 Å². The summed E-state index contributed by atoms with van der Waals surface area (Å²) in [6, 6.07) is 17.6. The molecule has 0 radical (unpaired) electrons. The zero-order valence-electron chi connectivity index (χ0n) is 12.6. The van der Waals surface area contributed by atoms with E-state index < -0.39 is 0 Å². The van der Waals surface area contributed by atoms with Crippen molar-refractivity contribution in [3.8, 4) is 5.75 Å². The van der Waals surface area contributed by atoms with Gasteiger partial charge in [-0.25, -0.2) is 0 Å². The van der Waals surface area contributed by atoms with Gasteiger partial charge in [0.25, 0.3) is 5.91 Å². The van der Waals surface area contributed by atoms with Gasteiger partial charge in [0.2, 0.25) is 0 Å². The molecular weight excluding hydrogens is 262 g/mol. The van der Waals surface area contributed by atoms with Crippen LogP contribution >= 0.6 is 0 Å². The Morgan fingerprint density at radius 2 is 1.86 bits per heavy atom. The Hall–Kier alpha value is -2.29. The Kier molecular flexibility index (Phi) is 5.38. The normalized spacial score (nSPS) is 10.2. The van der Waals surface area contributed by atoms with Crippen LogP contribution in [0.3, 0.4) is 0 Å². The molecule has 0 aliphatic heterocycles. The standard InChI is InChI=1S/C18H21NO2/c1-3-19(13-16-9-7-8-15(2)12-16)18(20)14-21-17-10-5-4-6-11-17/h4-12H,3,13-14H2,1-2H3.